The molecular weight excluding hydrogens is 619 g/mol. The minimum atomic E-state index is -4.75. The van der Waals surface area contributed by atoms with Crippen LogP contribution in [0.25, 0.3) is 22.0 Å². The Morgan fingerprint density at radius 1 is 0.872 bits per heavy atom. The van der Waals surface area contributed by atoms with Crippen molar-refractivity contribution in [2.24, 2.45) is 0 Å². The van der Waals surface area contributed by atoms with Crippen molar-refractivity contribution in [2.45, 2.75) is 38.0 Å². The molecule has 4 aromatic rings. The number of carbonyl (C=O) groups excluding carboxylic acids is 4. The number of hydrogen-bond donors (Lipinski definition) is 2. The van der Waals surface area contributed by atoms with Crippen molar-refractivity contribution in [1.29, 1.82) is 0 Å². The highest BCUT2D eigenvalue weighted by Crippen LogP contribution is 2.44. The van der Waals surface area contributed by atoms with Crippen molar-refractivity contribution < 1.29 is 46.6 Å². The SMILES string of the molecule is CCOC(=O)C(NC(=O)c1ccc(OC)c2nc(C(F)(F)F)ccc12)C(=O)C(C)NC(=O)OCC1c2ccccc2-c2ccccc21. The number of fused-ring (bicyclic) bond motifs is 4. The maximum atomic E-state index is 13.4. The van der Waals surface area contributed by atoms with Gasteiger partial charge in [-0.25, -0.2) is 14.6 Å². The fraction of sp³-hybridized carbons (Fsp3) is 0.265. The molecule has 1 aliphatic rings. The molecule has 3 aromatic carbocycles. The number of benzene rings is 3. The van der Waals surface area contributed by atoms with Gasteiger partial charge >= 0.3 is 18.2 Å². The summed E-state index contributed by atoms with van der Waals surface area (Å²) in [5.41, 5.74) is 2.43. The third-order valence-electron chi connectivity index (χ3n) is 7.76. The lowest BCUT2D eigenvalue weighted by Crippen LogP contribution is -2.54. The highest BCUT2D eigenvalue weighted by molar-refractivity contribution is 6.13. The molecule has 0 fully saturated rings. The van der Waals surface area contributed by atoms with Crippen LogP contribution in [0.1, 0.15) is 46.9 Å². The molecule has 0 spiro atoms. The summed E-state index contributed by atoms with van der Waals surface area (Å²) in [6, 6.07) is 16.6. The molecule has 2 amide bonds. The molecule has 0 saturated heterocycles. The van der Waals surface area contributed by atoms with Gasteiger partial charge in [0.1, 0.15) is 23.6 Å². The minimum Gasteiger partial charge on any atom is -0.494 e. The van der Waals surface area contributed by atoms with Crippen LogP contribution >= 0.6 is 0 Å². The van der Waals surface area contributed by atoms with Crippen molar-refractivity contribution in [3.8, 4) is 16.9 Å². The molecule has 0 aliphatic heterocycles. The van der Waals surface area contributed by atoms with Crippen molar-refractivity contribution in [2.75, 3.05) is 20.3 Å². The highest BCUT2D eigenvalue weighted by atomic mass is 19.4. The lowest BCUT2D eigenvalue weighted by atomic mass is 9.98. The van der Waals surface area contributed by atoms with Gasteiger partial charge < -0.3 is 24.8 Å². The van der Waals surface area contributed by atoms with Gasteiger partial charge in [0.15, 0.2) is 11.8 Å². The van der Waals surface area contributed by atoms with Crippen LogP contribution in [-0.2, 0) is 25.2 Å². The summed E-state index contributed by atoms with van der Waals surface area (Å²) >= 11 is 0. The summed E-state index contributed by atoms with van der Waals surface area (Å²) in [5.74, 6) is -3.24. The summed E-state index contributed by atoms with van der Waals surface area (Å²) in [7, 11) is 1.23. The molecule has 1 aliphatic carbocycles. The Morgan fingerprint density at radius 2 is 1.51 bits per heavy atom. The minimum absolute atomic E-state index is 0.0188. The number of methoxy groups -OCH3 is 1. The largest absolute Gasteiger partial charge is 0.494 e. The standard InChI is InChI=1S/C34H30F3N3O7/c1-4-46-32(43)29(40-31(42)24-13-15-26(45-3)28-23(24)14-16-27(39-28)34(35,36)37)30(41)18(2)38-33(44)47-17-25-21-11-7-5-9-19(21)20-10-6-8-12-22(20)25/h5-16,18,25,29H,4,17H2,1-3H3,(H,38,44)(H,40,42). The van der Waals surface area contributed by atoms with E-state index in [9.17, 15) is 32.3 Å². The Hall–Kier alpha value is -5.46. The Kier molecular flexibility index (Phi) is 9.45. The number of halogens is 3. The monoisotopic (exact) mass is 649 g/mol. The second-order valence-electron chi connectivity index (χ2n) is 10.7. The first-order chi connectivity index (χ1) is 22.4. The second kappa shape index (κ2) is 13.5. The zero-order chi connectivity index (χ0) is 33.9. The van der Waals surface area contributed by atoms with E-state index in [1.54, 1.807) is 0 Å². The van der Waals surface area contributed by atoms with E-state index >= 15 is 0 Å². The van der Waals surface area contributed by atoms with Crippen LogP contribution in [0.4, 0.5) is 18.0 Å². The van der Waals surface area contributed by atoms with Gasteiger partial charge in [-0.05, 0) is 60.4 Å². The van der Waals surface area contributed by atoms with E-state index in [0.717, 1.165) is 28.3 Å². The molecule has 13 heteroatoms. The van der Waals surface area contributed by atoms with Gasteiger partial charge in [-0.3, -0.25) is 9.59 Å². The molecule has 1 heterocycles. The first-order valence-corrected chi connectivity index (χ1v) is 14.6. The van der Waals surface area contributed by atoms with Crippen LogP contribution in [0.2, 0.25) is 0 Å². The van der Waals surface area contributed by atoms with Gasteiger partial charge in [0.25, 0.3) is 5.91 Å². The number of amides is 2. The number of ether oxygens (including phenoxy) is 3. The van der Waals surface area contributed by atoms with Gasteiger partial charge in [-0.15, -0.1) is 0 Å². The number of carbonyl (C=O) groups is 4. The number of esters is 1. The molecule has 0 saturated carbocycles. The Labute approximate surface area is 267 Å². The molecule has 0 radical (unpaired) electrons. The summed E-state index contributed by atoms with van der Waals surface area (Å²) in [6.07, 6.45) is -5.68. The number of Topliss-reactive ketones (excluding diaryl/α,β-unsaturated/α-hetero) is 1. The predicted molar refractivity (Wildman–Crippen MR) is 164 cm³/mol. The number of alkyl halides is 3. The Morgan fingerprint density at radius 3 is 2.11 bits per heavy atom. The van der Waals surface area contributed by atoms with Gasteiger partial charge in [0.2, 0.25) is 0 Å². The number of hydrogen-bond acceptors (Lipinski definition) is 8. The quantitative estimate of drug-likeness (QED) is 0.172. The summed E-state index contributed by atoms with van der Waals surface area (Å²) < 4.78 is 55.6. The third-order valence-corrected chi connectivity index (χ3v) is 7.76. The number of ketones is 1. The maximum absolute atomic E-state index is 13.4. The molecule has 0 bridgehead atoms. The van der Waals surface area contributed by atoms with E-state index in [1.807, 2.05) is 48.5 Å². The number of rotatable bonds is 10. The number of aromatic nitrogens is 1. The zero-order valence-corrected chi connectivity index (χ0v) is 25.5. The van der Waals surface area contributed by atoms with Gasteiger partial charge in [-0.2, -0.15) is 13.2 Å². The van der Waals surface area contributed by atoms with Crippen molar-refractivity contribution in [1.82, 2.24) is 15.6 Å². The Bertz CT molecular complexity index is 1820. The van der Waals surface area contributed by atoms with Gasteiger partial charge in [-0.1, -0.05) is 48.5 Å². The molecule has 2 atom stereocenters. The van der Waals surface area contributed by atoms with Gasteiger partial charge in [0.05, 0.1) is 19.8 Å². The molecule has 5 rings (SSSR count). The topological polar surface area (TPSA) is 133 Å². The van der Waals surface area contributed by atoms with Crippen molar-refractivity contribution in [3.63, 3.8) is 0 Å². The number of pyridine rings is 1. The maximum Gasteiger partial charge on any atom is 0.433 e. The van der Waals surface area contributed by atoms with Crippen LogP contribution in [0.3, 0.4) is 0 Å². The zero-order valence-electron chi connectivity index (χ0n) is 25.5. The normalized spacial score (nSPS) is 13.6. The first kappa shape index (κ1) is 32.9. The van der Waals surface area contributed by atoms with E-state index in [-0.39, 0.29) is 41.3 Å². The summed E-state index contributed by atoms with van der Waals surface area (Å²) in [5, 5.41) is 4.68. The number of nitrogens with zero attached hydrogens (tertiary/aromatic N) is 1. The lowest BCUT2D eigenvalue weighted by molar-refractivity contribution is -0.149. The molecule has 1 aromatic heterocycles. The Balaban J connectivity index is 1.31. The van der Waals surface area contributed by atoms with Crippen LogP contribution in [0, 0.1) is 0 Å². The predicted octanol–water partition coefficient (Wildman–Crippen LogP) is 5.42. The van der Waals surface area contributed by atoms with E-state index in [1.165, 1.54) is 33.1 Å². The molecule has 244 valence electrons. The van der Waals surface area contributed by atoms with Crippen LogP contribution in [0.15, 0.2) is 72.8 Å². The summed E-state index contributed by atoms with van der Waals surface area (Å²) in [4.78, 5) is 56.1. The fourth-order valence-electron chi connectivity index (χ4n) is 5.53. The second-order valence-corrected chi connectivity index (χ2v) is 10.7. The van der Waals surface area contributed by atoms with E-state index in [2.05, 4.69) is 15.6 Å². The molecule has 2 unspecified atom stereocenters. The smallest absolute Gasteiger partial charge is 0.433 e. The summed E-state index contributed by atoms with van der Waals surface area (Å²) in [6.45, 7) is 2.67. The van der Waals surface area contributed by atoms with E-state index in [4.69, 9.17) is 14.2 Å². The van der Waals surface area contributed by atoms with Crippen LogP contribution < -0.4 is 15.4 Å². The highest BCUT2D eigenvalue weighted by Gasteiger charge is 2.36. The van der Waals surface area contributed by atoms with Gasteiger partial charge in [0, 0.05) is 16.9 Å². The van der Waals surface area contributed by atoms with Crippen LogP contribution in [0.5, 0.6) is 5.75 Å². The van der Waals surface area contributed by atoms with E-state index < -0.39 is 47.7 Å². The first-order valence-electron chi connectivity index (χ1n) is 14.6. The molecule has 47 heavy (non-hydrogen) atoms. The molecule has 10 nitrogen and oxygen atoms in total. The van der Waals surface area contributed by atoms with Crippen molar-refractivity contribution in [3.05, 3.63) is 95.2 Å². The number of nitrogens with one attached hydrogen (secondary N) is 2. The van der Waals surface area contributed by atoms with Crippen LogP contribution in [-0.4, -0.2) is 61.1 Å². The molecule has 2 N–H and O–H groups in total. The lowest BCUT2D eigenvalue weighted by Gasteiger charge is -2.21. The molecular formula is C34H30F3N3O7. The van der Waals surface area contributed by atoms with Crippen molar-refractivity contribution >= 4 is 34.7 Å². The number of alkyl carbamates (subject to hydrolysis) is 1. The fourth-order valence-corrected chi connectivity index (χ4v) is 5.53. The third kappa shape index (κ3) is 6.74. The average Bonchev–Trinajstić information content (AvgIpc) is 3.38. The van der Waals surface area contributed by atoms with E-state index in [0.29, 0.717) is 6.07 Å². The average molecular weight is 650 g/mol.